The van der Waals surface area contributed by atoms with Crippen molar-refractivity contribution in [1.82, 2.24) is 10.6 Å². The molecule has 3 aliphatic rings. The Kier molecular flexibility index (Phi) is 4.91. The summed E-state index contributed by atoms with van der Waals surface area (Å²) in [5.41, 5.74) is 5.66. The number of benzene rings is 2. The molecule has 0 aliphatic heterocycles. The molecule has 5 heteroatoms. The molecule has 1 atom stereocenters. The van der Waals surface area contributed by atoms with Gasteiger partial charge in [-0.1, -0.05) is 48.5 Å². The quantitative estimate of drug-likeness (QED) is 0.655. The van der Waals surface area contributed by atoms with Crippen LogP contribution in [-0.4, -0.2) is 24.9 Å². The van der Waals surface area contributed by atoms with Crippen LogP contribution < -0.4 is 10.6 Å². The molecule has 3 aromatic rings. The summed E-state index contributed by atoms with van der Waals surface area (Å²) in [5.74, 6) is 0.735. The third-order valence-electron chi connectivity index (χ3n) is 6.36. The van der Waals surface area contributed by atoms with Gasteiger partial charge < -0.3 is 10.6 Å². The van der Waals surface area contributed by atoms with Gasteiger partial charge in [-0.2, -0.15) is 0 Å². The van der Waals surface area contributed by atoms with Gasteiger partial charge in [0.2, 0.25) is 5.91 Å². The molecule has 152 valence electrons. The Morgan fingerprint density at radius 1 is 0.900 bits per heavy atom. The van der Waals surface area contributed by atoms with E-state index in [-0.39, 0.29) is 18.4 Å². The van der Waals surface area contributed by atoms with Gasteiger partial charge in [-0.3, -0.25) is 9.59 Å². The Morgan fingerprint density at radius 3 is 2.13 bits per heavy atom. The molecule has 1 aromatic heterocycles. The van der Waals surface area contributed by atoms with Crippen molar-refractivity contribution >= 4 is 23.2 Å². The van der Waals surface area contributed by atoms with Crippen molar-refractivity contribution in [3.63, 3.8) is 0 Å². The second-order valence-electron chi connectivity index (χ2n) is 8.18. The lowest BCUT2D eigenvalue weighted by atomic mass is 9.59. The van der Waals surface area contributed by atoms with E-state index < -0.39 is 0 Å². The van der Waals surface area contributed by atoms with Gasteiger partial charge in [0, 0.05) is 23.3 Å². The normalized spacial score (nSPS) is 20.9. The van der Waals surface area contributed by atoms with Crippen LogP contribution in [0.3, 0.4) is 0 Å². The number of amides is 2. The Hall–Kier alpha value is -2.92. The van der Waals surface area contributed by atoms with Crippen molar-refractivity contribution in [1.29, 1.82) is 0 Å². The minimum Gasteiger partial charge on any atom is -0.354 e. The Labute approximate surface area is 180 Å². The van der Waals surface area contributed by atoms with Gasteiger partial charge in [0.15, 0.2) is 0 Å². The molecule has 1 unspecified atom stereocenters. The van der Waals surface area contributed by atoms with Crippen LogP contribution in [0.15, 0.2) is 60.7 Å². The number of hydrogen-bond donors (Lipinski definition) is 2. The highest BCUT2D eigenvalue weighted by molar-refractivity contribution is 7.13. The zero-order valence-electron chi connectivity index (χ0n) is 16.9. The van der Waals surface area contributed by atoms with E-state index in [4.69, 9.17) is 0 Å². The fourth-order valence-corrected chi connectivity index (χ4v) is 5.86. The third kappa shape index (κ3) is 3.33. The lowest BCUT2D eigenvalue weighted by molar-refractivity contribution is -0.120. The number of rotatable bonds is 5. The van der Waals surface area contributed by atoms with E-state index in [0.717, 1.165) is 11.3 Å². The summed E-state index contributed by atoms with van der Waals surface area (Å²) in [6.07, 6.45) is 1.04. The van der Waals surface area contributed by atoms with Crippen LogP contribution >= 0.6 is 11.3 Å². The van der Waals surface area contributed by atoms with E-state index in [2.05, 4.69) is 59.2 Å². The van der Waals surface area contributed by atoms with Gasteiger partial charge in [0.25, 0.3) is 5.91 Å². The molecule has 2 amide bonds. The molecule has 3 aliphatic carbocycles. The lowest BCUT2D eigenvalue weighted by Gasteiger charge is -2.45. The minimum absolute atomic E-state index is 0.00374. The first-order valence-corrected chi connectivity index (χ1v) is 11.2. The summed E-state index contributed by atoms with van der Waals surface area (Å²) in [5, 5.41) is 5.79. The van der Waals surface area contributed by atoms with Gasteiger partial charge in [-0.25, -0.2) is 0 Å². The van der Waals surface area contributed by atoms with Crippen molar-refractivity contribution in [2.45, 2.75) is 25.2 Å². The monoisotopic (exact) mass is 416 g/mol. The average Bonchev–Trinajstić information content (AvgIpc) is 3.22. The molecule has 1 heterocycles. The third-order valence-corrected chi connectivity index (χ3v) is 7.36. The van der Waals surface area contributed by atoms with Gasteiger partial charge >= 0.3 is 0 Å². The zero-order valence-corrected chi connectivity index (χ0v) is 17.7. The molecule has 0 fully saturated rings. The predicted octanol–water partition coefficient (Wildman–Crippen LogP) is 4.20. The first-order chi connectivity index (χ1) is 14.6. The number of aryl methyl sites for hydroxylation is 1. The highest BCUT2D eigenvalue weighted by Gasteiger charge is 2.42. The van der Waals surface area contributed by atoms with Crippen LogP contribution in [0, 0.1) is 12.8 Å². The second kappa shape index (κ2) is 7.73. The van der Waals surface area contributed by atoms with Crippen molar-refractivity contribution in [2.24, 2.45) is 5.92 Å². The van der Waals surface area contributed by atoms with Crippen LogP contribution in [0.1, 0.15) is 55.1 Å². The molecule has 0 spiro atoms. The van der Waals surface area contributed by atoms with Crippen LogP contribution in [0.2, 0.25) is 0 Å². The molecule has 0 saturated heterocycles. The van der Waals surface area contributed by atoms with E-state index >= 15 is 0 Å². The van der Waals surface area contributed by atoms with Gasteiger partial charge in [0.05, 0.1) is 11.4 Å². The Balaban J connectivity index is 1.25. The molecule has 4 nitrogen and oxygen atoms in total. The number of carbonyl (C=O) groups is 2. The maximum Gasteiger partial charge on any atom is 0.261 e. The van der Waals surface area contributed by atoms with Crippen LogP contribution in [0.4, 0.5) is 0 Å². The van der Waals surface area contributed by atoms with E-state index in [0.29, 0.717) is 29.2 Å². The maximum absolute atomic E-state index is 12.4. The Bertz CT molecular complexity index is 1070. The van der Waals surface area contributed by atoms with Crippen molar-refractivity contribution in [2.75, 3.05) is 13.1 Å². The standard InChI is InChI=1S/C25H24N2O2S/c1-15-10-11-22(30-15)25(29)27-14-23(28)26-13-16-12-21-17-6-2-4-8-19(17)24(16)20-9-5-3-7-18(20)21/h2-11,16,21,24H,12-14H2,1H3,(H,26,28)(H,27,29). The average molecular weight is 417 g/mol. The van der Waals surface area contributed by atoms with Crippen LogP contribution in [-0.2, 0) is 4.79 Å². The van der Waals surface area contributed by atoms with Crippen molar-refractivity contribution in [3.05, 3.63) is 92.7 Å². The topological polar surface area (TPSA) is 58.2 Å². The SMILES string of the molecule is Cc1ccc(C(=O)NCC(=O)NCC2CC3c4ccccc4C2c2ccccc23)s1. The van der Waals surface area contributed by atoms with Crippen LogP contribution in [0.5, 0.6) is 0 Å². The van der Waals surface area contributed by atoms with Gasteiger partial charge in [-0.15, -0.1) is 11.3 Å². The summed E-state index contributed by atoms with van der Waals surface area (Å²) in [6, 6.07) is 21.1. The number of fused-ring (bicyclic) bond motifs is 1. The first kappa shape index (κ1) is 19.1. The summed E-state index contributed by atoms with van der Waals surface area (Å²) in [6.45, 7) is 2.59. The number of hydrogen-bond acceptors (Lipinski definition) is 3. The summed E-state index contributed by atoms with van der Waals surface area (Å²) >= 11 is 1.43. The molecule has 30 heavy (non-hydrogen) atoms. The van der Waals surface area contributed by atoms with E-state index in [1.807, 2.05) is 13.0 Å². The molecule has 2 bridgehead atoms. The van der Waals surface area contributed by atoms with Gasteiger partial charge in [-0.05, 0) is 53.6 Å². The highest BCUT2D eigenvalue weighted by atomic mass is 32.1. The number of nitrogens with one attached hydrogen (secondary N) is 2. The largest absolute Gasteiger partial charge is 0.354 e. The lowest BCUT2D eigenvalue weighted by Crippen LogP contribution is -2.42. The van der Waals surface area contributed by atoms with E-state index in [9.17, 15) is 9.59 Å². The highest BCUT2D eigenvalue weighted by Crippen LogP contribution is 2.55. The molecule has 0 saturated carbocycles. The summed E-state index contributed by atoms with van der Waals surface area (Å²) < 4.78 is 0. The van der Waals surface area contributed by atoms with E-state index in [1.165, 1.54) is 33.6 Å². The molecule has 6 rings (SSSR count). The summed E-state index contributed by atoms with van der Waals surface area (Å²) in [7, 11) is 0. The zero-order chi connectivity index (χ0) is 20.7. The van der Waals surface area contributed by atoms with Crippen LogP contribution in [0.25, 0.3) is 0 Å². The van der Waals surface area contributed by atoms with Gasteiger partial charge in [0.1, 0.15) is 0 Å². The minimum atomic E-state index is -0.192. The smallest absolute Gasteiger partial charge is 0.261 e. The fraction of sp³-hybridized carbons (Fsp3) is 0.280. The molecule has 2 aromatic carbocycles. The number of thiophene rings is 1. The molecular formula is C25H24N2O2S. The van der Waals surface area contributed by atoms with Crippen molar-refractivity contribution < 1.29 is 9.59 Å². The van der Waals surface area contributed by atoms with E-state index in [1.54, 1.807) is 6.07 Å². The predicted molar refractivity (Wildman–Crippen MR) is 119 cm³/mol. The fourth-order valence-electron chi connectivity index (χ4n) is 5.07. The summed E-state index contributed by atoms with van der Waals surface area (Å²) in [4.78, 5) is 26.3. The molecule has 0 radical (unpaired) electrons. The second-order valence-corrected chi connectivity index (χ2v) is 9.47. The Morgan fingerprint density at radius 2 is 1.53 bits per heavy atom. The molecule has 2 N–H and O–H groups in total. The number of carbonyl (C=O) groups excluding carboxylic acids is 2. The maximum atomic E-state index is 12.4. The van der Waals surface area contributed by atoms with Crippen molar-refractivity contribution in [3.8, 4) is 0 Å². The molecular weight excluding hydrogens is 392 g/mol. The first-order valence-electron chi connectivity index (χ1n) is 10.4.